The number of morpholine rings is 1. The summed E-state index contributed by atoms with van der Waals surface area (Å²) in [6, 6.07) is 20.1. The number of furan rings is 1. The zero-order chi connectivity index (χ0) is 28.3. The molecule has 0 radical (unpaired) electrons. The van der Waals surface area contributed by atoms with Crippen LogP contribution in [0, 0.1) is 3.57 Å². The largest absolute Gasteiger partial charge is 0.493 e. The molecule has 10 nitrogen and oxygen atoms in total. The lowest BCUT2D eigenvalue weighted by molar-refractivity contribution is -0.137. The Kier molecular flexibility index (Phi) is 7.70. The molecule has 1 fully saturated rings. The lowest BCUT2D eigenvalue weighted by atomic mass is 10.2. The molecule has 0 aliphatic carbocycles. The van der Waals surface area contributed by atoms with Gasteiger partial charge >= 0.3 is 0 Å². The number of benzene rings is 3. The van der Waals surface area contributed by atoms with Crippen LogP contribution in [0.2, 0.25) is 0 Å². The number of amides is 1. The molecule has 1 aliphatic heterocycles. The Hall–Kier alpha value is -4.23. The standard InChI is InChI=1S/C30H25IN4O6/c1-38-25-15-19(14-22(31)28(25)40-18-27(36)34-10-12-39-13-11-34)17-32-35-29(26-16-20-6-2-5-9-24(20)41-26)33-23-8-4-3-7-21(23)30(35)37/h2-9,14-17H,10-13,18H2,1H3. The molecule has 6 rings (SSSR count). The quantitative estimate of drug-likeness (QED) is 0.186. The Morgan fingerprint density at radius 1 is 1.10 bits per heavy atom. The number of nitrogens with zero attached hydrogens (tertiary/aromatic N) is 4. The van der Waals surface area contributed by atoms with Crippen LogP contribution in [0.5, 0.6) is 11.5 Å². The second-order valence-electron chi connectivity index (χ2n) is 9.28. The smallest absolute Gasteiger partial charge is 0.282 e. The molecule has 0 bridgehead atoms. The minimum absolute atomic E-state index is 0.112. The van der Waals surface area contributed by atoms with E-state index in [4.69, 9.17) is 23.6 Å². The predicted octanol–water partition coefficient (Wildman–Crippen LogP) is 4.54. The molecule has 5 aromatic rings. The van der Waals surface area contributed by atoms with Gasteiger partial charge in [-0.2, -0.15) is 9.78 Å². The van der Waals surface area contributed by atoms with E-state index in [0.29, 0.717) is 65.6 Å². The number of ether oxygens (including phenoxy) is 3. The molecule has 1 saturated heterocycles. The number of rotatable bonds is 7. The molecule has 3 aromatic carbocycles. The fourth-order valence-corrected chi connectivity index (χ4v) is 5.38. The maximum absolute atomic E-state index is 13.6. The average Bonchev–Trinajstić information content (AvgIpc) is 3.44. The van der Waals surface area contributed by atoms with Gasteiger partial charge in [0, 0.05) is 18.5 Å². The van der Waals surface area contributed by atoms with E-state index in [2.05, 4.69) is 27.7 Å². The second kappa shape index (κ2) is 11.7. The van der Waals surface area contributed by atoms with E-state index >= 15 is 0 Å². The highest BCUT2D eigenvalue weighted by Crippen LogP contribution is 2.34. The first-order valence-corrected chi connectivity index (χ1v) is 14.0. The van der Waals surface area contributed by atoms with E-state index in [0.717, 1.165) is 8.96 Å². The van der Waals surface area contributed by atoms with Crippen LogP contribution in [0.3, 0.4) is 0 Å². The third-order valence-electron chi connectivity index (χ3n) is 6.68. The number of hydrogen-bond donors (Lipinski definition) is 0. The molecule has 0 atom stereocenters. The molecule has 1 amide bonds. The van der Waals surface area contributed by atoms with Gasteiger partial charge in [-0.1, -0.05) is 30.3 Å². The summed E-state index contributed by atoms with van der Waals surface area (Å²) in [5.41, 5.74) is 1.56. The number of fused-ring (bicyclic) bond motifs is 2. The van der Waals surface area contributed by atoms with Crippen molar-refractivity contribution in [3.05, 3.63) is 86.2 Å². The van der Waals surface area contributed by atoms with Crippen molar-refractivity contribution in [1.29, 1.82) is 0 Å². The predicted molar refractivity (Wildman–Crippen MR) is 163 cm³/mol. The van der Waals surface area contributed by atoms with Gasteiger partial charge in [0.1, 0.15) is 5.58 Å². The lowest BCUT2D eigenvalue weighted by Gasteiger charge is -2.27. The molecular weight excluding hydrogens is 639 g/mol. The van der Waals surface area contributed by atoms with E-state index < -0.39 is 0 Å². The average molecular weight is 664 g/mol. The number of hydrogen-bond acceptors (Lipinski definition) is 8. The molecule has 0 spiro atoms. The van der Waals surface area contributed by atoms with E-state index in [1.54, 1.807) is 35.4 Å². The maximum atomic E-state index is 13.6. The van der Waals surface area contributed by atoms with Gasteiger partial charge in [-0.3, -0.25) is 9.59 Å². The molecule has 0 N–H and O–H groups in total. The Balaban J connectivity index is 1.34. The minimum Gasteiger partial charge on any atom is -0.493 e. The summed E-state index contributed by atoms with van der Waals surface area (Å²) in [7, 11) is 1.53. The number of halogens is 1. The molecule has 41 heavy (non-hydrogen) atoms. The molecule has 3 heterocycles. The summed E-state index contributed by atoms with van der Waals surface area (Å²) in [6.07, 6.45) is 1.55. The van der Waals surface area contributed by atoms with Crippen molar-refractivity contribution in [2.75, 3.05) is 40.0 Å². The van der Waals surface area contributed by atoms with Gasteiger partial charge < -0.3 is 23.5 Å². The van der Waals surface area contributed by atoms with Gasteiger partial charge in [-0.15, -0.1) is 0 Å². The number of carbonyl (C=O) groups excluding carboxylic acids is 1. The first-order chi connectivity index (χ1) is 20.0. The second-order valence-corrected chi connectivity index (χ2v) is 10.4. The Morgan fingerprint density at radius 3 is 2.68 bits per heavy atom. The van der Waals surface area contributed by atoms with Crippen molar-refractivity contribution in [3.63, 3.8) is 0 Å². The number of aromatic nitrogens is 2. The molecule has 208 valence electrons. The number of para-hydroxylation sites is 2. The van der Waals surface area contributed by atoms with Gasteiger partial charge in [0.2, 0.25) is 5.82 Å². The van der Waals surface area contributed by atoms with Crippen molar-refractivity contribution in [2.24, 2.45) is 5.10 Å². The molecule has 2 aromatic heterocycles. The summed E-state index contributed by atoms with van der Waals surface area (Å²) >= 11 is 2.13. The molecule has 0 unspecified atom stereocenters. The zero-order valence-corrected chi connectivity index (χ0v) is 24.2. The first kappa shape index (κ1) is 27.0. The van der Waals surface area contributed by atoms with E-state index in [-0.39, 0.29) is 23.9 Å². The summed E-state index contributed by atoms with van der Waals surface area (Å²) in [5, 5.41) is 5.87. The van der Waals surface area contributed by atoms with Crippen LogP contribution in [0.15, 0.2) is 81.0 Å². The van der Waals surface area contributed by atoms with Gasteiger partial charge in [-0.05, 0) is 64.6 Å². The third kappa shape index (κ3) is 5.55. The molecule has 0 saturated carbocycles. The van der Waals surface area contributed by atoms with Gasteiger partial charge in [-0.25, -0.2) is 4.98 Å². The van der Waals surface area contributed by atoms with Gasteiger partial charge in [0.15, 0.2) is 23.9 Å². The Morgan fingerprint density at radius 2 is 1.88 bits per heavy atom. The van der Waals surface area contributed by atoms with E-state index in [1.807, 2.05) is 42.5 Å². The van der Waals surface area contributed by atoms with Crippen molar-refractivity contribution in [2.45, 2.75) is 0 Å². The number of carbonyl (C=O) groups is 1. The van der Waals surface area contributed by atoms with Crippen LogP contribution < -0.4 is 15.0 Å². The monoisotopic (exact) mass is 664 g/mol. The van der Waals surface area contributed by atoms with Crippen LogP contribution in [0.1, 0.15) is 5.56 Å². The first-order valence-electron chi connectivity index (χ1n) is 12.9. The molecule has 11 heteroatoms. The van der Waals surface area contributed by atoms with Gasteiger partial charge in [0.25, 0.3) is 11.5 Å². The van der Waals surface area contributed by atoms with E-state index in [9.17, 15) is 9.59 Å². The summed E-state index contributed by atoms with van der Waals surface area (Å²) in [6.45, 7) is 2.03. The Bertz CT molecular complexity index is 1810. The van der Waals surface area contributed by atoms with Crippen molar-refractivity contribution in [1.82, 2.24) is 14.6 Å². The number of methoxy groups -OCH3 is 1. The fraction of sp³-hybridized carbons (Fsp3) is 0.200. The SMILES string of the molecule is COc1cc(C=Nn2c(-c3cc4ccccc4o3)nc3ccccc3c2=O)cc(I)c1OCC(=O)N1CCOCC1. The summed E-state index contributed by atoms with van der Waals surface area (Å²) < 4.78 is 24.8. The topological polar surface area (TPSA) is 108 Å². The highest BCUT2D eigenvalue weighted by molar-refractivity contribution is 14.1. The molecular formula is C30H25IN4O6. The lowest BCUT2D eigenvalue weighted by Crippen LogP contribution is -2.43. The summed E-state index contributed by atoms with van der Waals surface area (Å²) in [4.78, 5) is 32.6. The highest BCUT2D eigenvalue weighted by atomic mass is 127. The maximum Gasteiger partial charge on any atom is 0.282 e. The third-order valence-corrected chi connectivity index (χ3v) is 7.48. The van der Waals surface area contributed by atoms with Gasteiger partial charge in [0.05, 0.1) is 41.0 Å². The van der Waals surface area contributed by atoms with E-state index in [1.165, 1.54) is 11.8 Å². The zero-order valence-electron chi connectivity index (χ0n) is 22.1. The van der Waals surface area contributed by atoms with Crippen molar-refractivity contribution >= 4 is 56.6 Å². The van der Waals surface area contributed by atoms with Crippen LogP contribution in [0.4, 0.5) is 0 Å². The summed E-state index contributed by atoms with van der Waals surface area (Å²) in [5.74, 6) is 1.49. The Labute approximate surface area is 248 Å². The fourth-order valence-electron chi connectivity index (χ4n) is 4.60. The molecule has 1 aliphatic rings. The minimum atomic E-state index is -0.328. The van der Waals surface area contributed by atoms with Crippen molar-refractivity contribution < 1.29 is 23.4 Å². The normalized spacial score (nSPS) is 13.8. The van der Waals surface area contributed by atoms with Crippen LogP contribution in [-0.4, -0.2) is 66.7 Å². The van der Waals surface area contributed by atoms with Crippen LogP contribution in [0.25, 0.3) is 33.5 Å². The van der Waals surface area contributed by atoms with Crippen LogP contribution >= 0.6 is 22.6 Å². The highest BCUT2D eigenvalue weighted by Gasteiger charge is 2.20. The van der Waals surface area contributed by atoms with Crippen molar-refractivity contribution in [3.8, 4) is 23.1 Å². The van der Waals surface area contributed by atoms with Crippen LogP contribution in [-0.2, 0) is 9.53 Å².